The maximum absolute atomic E-state index is 12.7. The molecule has 114 valence electrons. The third-order valence-electron chi connectivity index (χ3n) is 4.69. The number of benzene rings is 1. The van der Waals surface area contributed by atoms with E-state index in [9.17, 15) is 4.79 Å². The number of fused-ring (bicyclic) bond motifs is 1. The molecule has 1 aliphatic heterocycles. The summed E-state index contributed by atoms with van der Waals surface area (Å²) in [6.45, 7) is 0. The van der Waals surface area contributed by atoms with Gasteiger partial charge in [-0.2, -0.15) is 0 Å². The largest absolute Gasteiger partial charge is 0.480 e. The summed E-state index contributed by atoms with van der Waals surface area (Å²) in [5.41, 5.74) is 1.04. The molecular weight excluding hydrogens is 286 g/mol. The van der Waals surface area contributed by atoms with Crippen molar-refractivity contribution in [2.45, 2.75) is 57.1 Å². The molecule has 0 radical (unpaired) electrons. The van der Waals surface area contributed by atoms with Crippen LogP contribution in [0.5, 0.6) is 5.75 Å². The minimum atomic E-state index is -0.383. The molecule has 3 rings (SSSR count). The van der Waals surface area contributed by atoms with Crippen LogP contribution in [-0.4, -0.2) is 30.0 Å². The third-order valence-corrected chi connectivity index (χ3v) is 4.93. The van der Waals surface area contributed by atoms with Gasteiger partial charge in [0, 0.05) is 24.5 Å². The van der Waals surface area contributed by atoms with E-state index in [-0.39, 0.29) is 12.0 Å². The average molecular weight is 308 g/mol. The van der Waals surface area contributed by atoms with Crippen molar-refractivity contribution in [2.24, 2.45) is 0 Å². The van der Waals surface area contributed by atoms with E-state index in [1.165, 1.54) is 25.7 Å². The Morgan fingerprint density at radius 2 is 1.95 bits per heavy atom. The van der Waals surface area contributed by atoms with Crippen LogP contribution in [0.3, 0.4) is 0 Å². The zero-order valence-corrected chi connectivity index (χ0v) is 13.2. The molecule has 0 saturated heterocycles. The summed E-state index contributed by atoms with van der Waals surface area (Å²) < 4.78 is 5.82. The predicted octanol–water partition coefficient (Wildman–Crippen LogP) is 3.82. The van der Waals surface area contributed by atoms with Crippen molar-refractivity contribution in [3.63, 3.8) is 0 Å². The number of hydrogen-bond acceptors (Lipinski definition) is 2. The molecule has 1 aromatic carbocycles. The van der Waals surface area contributed by atoms with Gasteiger partial charge in [0.2, 0.25) is 0 Å². The molecule has 3 nitrogen and oxygen atoms in total. The van der Waals surface area contributed by atoms with Crippen LogP contribution < -0.4 is 4.74 Å². The first-order valence-electron chi connectivity index (χ1n) is 7.87. The molecule has 1 aliphatic carbocycles. The van der Waals surface area contributed by atoms with Crippen LogP contribution in [0.2, 0.25) is 5.02 Å². The molecule has 1 aromatic rings. The van der Waals surface area contributed by atoms with Crippen LogP contribution in [0, 0.1) is 0 Å². The lowest BCUT2D eigenvalue weighted by molar-refractivity contribution is -0.139. The summed E-state index contributed by atoms with van der Waals surface area (Å²) >= 11 is 6.00. The molecule has 1 unspecified atom stereocenters. The normalized spacial score (nSPS) is 22.3. The monoisotopic (exact) mass is 307 g/mol. The number of nitrogens with zero attached hydrogens (tertiary/aromatic N) is 1. The molecule has 0 aromatic heterocycles. The second-order valence-corrected chi connectivity index (χ2v) is 6.59. The van der Waals surface area contributed by atoms with Gasteiger partial charge in [-0.3, -0.25) is 4.79 Å². The van der Waals surface area contributed by atoms with Crippen LogP contribution in [0.1, 0.15) is 44.1 Å². The van der Waals surface area contributed by atoms with Gasteiger partial charge in [-0.25, -0.2) is 0 Å². The van der Waals surface area contributed by atoms with Crippen molar-refractivity contribution in [3.8, 4) is 5.75 Å². The quantitative estimate of drug-likeness (QED) is 0.777. The highest BCUT2D eigenvalue weighted by atomic mass is 35.5. The molecule has 0 spiro atoms. The Hall–Kier alpha value is -1.22. The molecule has 2 aliphatic rings. The number of ether oxygens (including phenoxy) is 1. The van der Waals surface area contributed by atoms with Crippen LogP contribution in [0.15, 0.2) is 18.2 Å². The van der Waals surface area contributed by atoms with Gasteiger partial charge in [0.25, 0.3) is 5.91 Å². The van der Waals surface area contributed by atoms with Gasteiger partial charge < -0.3 is 9.64 Å². The molecule has 1 heterocycles. The van der Waals surface area contributed by atoms with E-state index >= 15 is 0 Å². The highest BCUT2D eigenvalue weighted by molar-refractivity contribution is 6.30. The fourth-order valence-corrected chi connectivity index (χ4v) is 3.60. The number of amides is 1. The van der Waals surface area contributed by atoms with E-state index < -0.39 is 0 Å². The summed E-state index contributed by atoms with van der Waals surface area (Å²) in [6.07, 6.45) is 7.53. The Kier molecular flexibility index (Phi) is 4.39. The van der Waals surface area contributed by atoms with Crippen molar-refractivity contribution in [2.75, 3.05) is 7.05 Å². The van der Waals surface area contributed by atoms with Gasteiger partial charge >= 0.3 is 0 Å². The van der Waals surface area contributed by atoms with Gasteiger partial charge in [0.05, 0.1) is 0 Å². The van der Waals surface area contributed by atoms with E-state index in [2.05, 4.69) is 0 Å². The molecule has 0 N–H and O–H groups in total. The molecule has 1 amide bonds. The first-order chi connectivity index (χ1) is 10.1. The second-order valence-electron chi connectivity index (χ2n) is 6.16. The molecule has 4 heteroatoms. The zero-order valence-electron chi connectivity index (χ0n) is 12.5. The SMILES string of the molecule is CN(C(=O)C1Cc2cc(Cl)ccc2O1)C1CCCCCC1. The topological polar surface area (TPSA) is 29.5 Å². The van der Waals surface area contributed by atoms with Gasteiger partial charge in [-0.15, -0.1) is 0 Å². The molecule has 1 saturated carbocycles. The second kappa shape index (κ2) is 6.27. The number of carbonyl (C=O) groups excluding carboxylic acids is 1. The molecular formula is C17H22ClNO2. The van der Waals surface area contributed by atoms with E-state index in [1.54, 1.807) is 0 Å². The number of rotatable bonds is 2. The Balaban J connectivity index is 1.66. The summed E-state index contributed by atoms with van der Waals surface area (Å²) in [5.74, 6) is 0.904. The highest BCUT2D eigenvalue weighted by Gasteiger charge is 2.33. The van der Waals surface area contributed by atoms with Gasteiger partial charge in [-0.05, 0) is 36.6 Å². The minimum absolute atomic E-state index is 0.106. The van der Waals surface area contributed by atoms with Crippen LogP contribution in [0.4, 0.5) is 0 Å². The van der Waals surface area contributed by atoms with Crippen LogP contribution in [-0.2, 0) is 11.2 Å². The standard InChI is InChI=1S/C17H22ClNO2/c1-19(14-6-4-2-3-5-7-14)17(20)16-11-12-10-13(18)8-9-15(12)21-16/h8-10,14,16H,2-7,11H2,1H3. The molecule has 1 fully saturated rings. The smallest absolute Gasteiger partial charge is 0.263 e. The first kappa shape index (κ1) is 14.7. The van der Waals surface area contributed by atoms with Crippen molar-refractivity contribution in [1.82, 2.24) is 4.90 Å². The summed E-state index contributed by atoms with van der Waals surface area (Å²) in [4.78, 5) is 14.6. The Labute approximate surface area is 131 Å². The zero-order chi connectivity index (χ0) is 14.8. The Morgan fingerprint density at radius 3 is 2.67 bits per heavy atom. The first-order valence-corrected chi connectivity index (χ1v) is 8.24. The number of carbonyl (C=O) groups is 1. The third kappa shape index (κ3) is 3.18. The van der Waals surface area contributed by atoms with E-state index in [1.807, 2.05) is 30.1 Å². The van der Waals surface area contributed by atoms with Crippen molar-refractivity contribution in [3.05, 3.63) is 28.8 Å². The summed E-state index contributed by atoms with van der Waals surface area (Å²) in [7, 11) is 1.93. The van der Waals surface area contributed by atoms with E-state index in [0.717, 1.165) is 24.2 Å². The Morgan fingerprint density at radius 1 is 1.24 bits per heavy atom. The van der Waals surface area contributed by atoms with Gasteiger partial charge in [0.1, 0.15) is 5.75 Å². The fourth-order valence-electron chi connectivity index (χ4n) is 3.41. The lowest BCUT2D eigenvalue weighted by atomic mass is 10.1. The molecule has 1 atom stereocenters. The highest BCUT2D eigenvalue weighted by Crippen LogP contribution is 2.32. The lowest BCUT2D eigenvalue weighted by Gasteiger charge is -2.29. The van der Waals surface area contributed by atoms with E-state index in [0.29, 0.717) is 17.5 Å². The average Bonchev–Trinajstić information content (AvgIpc) is 2.71. The summed E-state index contributed by atoms with van der Waals surface area (Å²) in [6, 6.07) is 5.94. The maximum Gasteiger partial charge on any atom is 0.263 e. The molecule has 0 bridgehead atoms. The van der Waals surface area contributed by atoms with Crippen molar-refractivity contribution in [1.29, 1.82) is 0 Å². The van der Waals surface area contributed by atoms with Crippen LogP contribution in [0.25, 0.3) is 0 Å². The van der Waals surface area contributed by atoms with Crippen molar-refractivity contribution < 1.29 is 9.53 Å². The van der Waals surface area contributed by atoms with Gasteiger partial charge in [0.15, 0.2) is 6.10 Å². The maximum atomic E-state index is 12.7. The van der Waals surface area contributed by atoms with E-state index in [4.69, 9.17) is 16.3 Å². The predicted molar refractivity (Wildman–Crippen MR) is 83.8 cm³/mol. The summed E-state index contributed by atoms with van der Waals surface area (Å²) in [5, 5.41) is 0.697. The number of likely N-dealkylation sites (N-methyl/N-ethyl adjacent to an activating group) is 1. The number of hydrogen-bond donors (Lipinski definition) is 0. The number of halogens is 1. The fraction of sp³-hybridized carbons (Fsp3) is 0.588. The minimum Gasteiger partial charge on any atom is -0.480 e. The van der Waals surface area contributed by atoms with Crippen molar-refractivity contribution >= 4 is 17.5 Å². The van der Waals surface area contributed by atoms with Gasteiger partial charge in [-0.1, -0.05) is 37.3 Å². The molecule has 21 heavy (non-hydrogen) atoms. The Bertz CT molecular complexity index is 524. The lowest BCUT2D eigenvalue weighted by Crippen LogP contribution is -2.44. The van der Waals surface area contributed by atoms with Crippen LogP contribution >= 0.6 is 11.6 Å².